The maximum atomic E-state index is 13.0. The molecule has 0 heterocycles. The summed E-state index contributed by atoms with van der Waals surface area (Å²) in [5.74, 6) is 2.03. The number of carbonyl (C=O) groups excluding carboxylic acids is 2. The predicted molar refractivity (Wildman–Crippen MR) is 149 cm³/mol. The summed E-state index contributed by atoms with van der Waals surface area (Å²) in [7, 11) is 1.62. The summed E-state index contributed by atoms with van der Waals surface area (Å²) in [5.41, 5.74) is 5.57. The molecule has 4 nitrogen and oxygen atoms in total. The second-order valence-corrected chi connectivity index (χ2v) is 8.98. The molecule has 38 heavy (non-hydrogen) atoms. The van der Waals surface area contributed by atoms with Gasteiger partial charge in [0, 0.05) is 22.3 Å². The highest BCUT2D eigenvalue weighted by Gasteiger charge is 2.12. The van der Waals surface area contributed by atoms with E-state index in [1.54, 1.807) is 31.4 Å². The number of hydrogen-bond acceptors (Lipinski definition) is 4. The van der Waals surface area contributed by atoms with E-state index >= 15 is 0 Å². The zero-order valence-corrected chi connectivity index (χ0v) is 21.2. The number of methoxy groups -OCH3 is 1. The molecule has 0 unspecified atom stereocenters. The molecular formula is C34H26O4. The molecule has 0 saturated carbocycles. The van der Waals surface area contributed by atoms with Gasteiger partial charge in [-0.05, 0) is 66.6 Å². The van der Waals surface area contributed by atoms with E-state index in [0.717, 1.165) is 22.4 Å². The summed E-state index contributed by atoms with van der Waals surface area (Å²) in [6.45, 7) is 2.00. The highest BCUT2D eigenvalue weighted by atomic mass is 16.5. The van der Waals surface area contributed by atoms with Crippen LogP contribution in [0.15, 0.2) is 121 Å². The smallest absolute Gasteiger partial charge is 0.193 e. The van der Waals surface area contributed by atoms with Gasteiger partial charge in [0.05, 0.1) is 7.11 Å². The molecular weight excluding hydrogens is 472 g/mol. The van der Waals surface area contributed by atoms with E-state index in [1.165, 1.54) is 0 Å². The molecule has 0 saturated heterocycles. The minimum atomic E-state index is -0.0633. The van der Waals surface area contributed by atoms with Crippen LogP contribution in [0, 0.1) is 6.92 Å². The van der Waals surface area contributed by atoms with E-state index in [2.05, 4.69) is 0 Å². The first kappa shape index (κ1) is 24.7. The van der Waals surface area contributed by atoms with E-state index < -0.39 is 0 Å². The Morgan fingerprint density at radius 2 is 0.763 bits per heavy atom. The number of aryl methyl sites for hydroxylation is 1. The molecule has 0 spiro atoms. The van der Waals surface area contributed by atoms with Gasteiger partial charge in [-0.2, -0.15) is 0 Å². The van der Waals surface area contributed by atoms with Gasteiger partial charge in [-0.3, -0.25) is 9.59 Å². The van der Waals surface area contributed by atoms with E-state index in [1.807, 2.05) is 104 Å². The Labute approximate surface area is 222 Å². The van der Waals surface area contributed by atoms with Gasteiger partial charge in [0.1, 0.15) is 17.2 Å². The molecule has 4 heteroatoms. The van der Waals surface area contributed by atoms with Gasteiger partial charge in [0.25, 0.3) is 0 Å². The molecule has 0 fully saturated rings. The lowest BCUT2D eigenvalue weighted by Gasteiger charge is -2.08. The van der Waals surface area contributed by atoms with Crippen LogP contribution in [0.25, 0.3) is 11.1 Å². The van der Waals surface area contributed by atoms with Crippen LogP contribution in [0.2, 0.25) is 0 Å². The Bertz CT molecular complexity index is 1550. The zero-order valence-electron chi connectivity index (χ0n) is 21.2. The SMILES string of the molecule is COc1ccc(Oc2ccc(C(=O)c3ccc(-c4ccc(C(=O)c5ccc(C)cc5)cc4)cc3)cc2)cc1. The summed E-state index contributed by atoms with van der Waals surface area (Å²) in [4.78, 5) is 25.8. The quantitative estimate of drug-likeness (QED) is 0.204. The minimum absolute atomic E-state index is 0.00193. The molecule has 0 aliphatic carbocycles. The fraction of sp³-hybridized carbons (Fsp3) is 0.0588. The molecule has 5 rings (SSSR count). The largest absolute Gasteiger partial charge is 0.497 e. The van der Waals surface area contributed by atoms with Crippen molar-refractivity contribution < 1.29 is 19.1 Å². The number of carbonyl (C=O) groups is 2. The molecule has 0 aromatic heterocycles. The van der Waals surface area contributed by atoms with Crippen molar-refractivity contribution in [3.63, 3.8) is 0 Å². The van der Waals surface area contributed by atoms with E-state index in [0.29, 0.717) is 33.8 Å². The lowest BCUT2D eigenvalue weighted by Crippen LogP contribution is -2.01. The maximum Gasteiger partial charge on any atom is 0.193 e. The topological polar surface area (TPSA) is 52.6 Å². The highest BCUT2D eigenvalue weighted by Crippen LogP contribution is 2.26. The van der Waals surface area contributed by atoms with E-state index in [4.69, 9.17) is 9.47 Å². The first-order valence-corrected chi connectivity index (χ1v) is 12.3. The van der Waals surface area contributed by atoms with Gasteiger partial charge in [-0.15, -0.1) is 0 Å². The van der Waals surface area contributed by atoms with Crippen molar-refractivity contribution in [2.24, 2.45) is 0 Å². The maximum absolute atomic E-state index is 13.0. The third kappa shape index (κ3) is 5.55. The molecule has 5 aromatic carbocycles. The summed E-state index contributed by atoms with van der Waals surface area (Å²) in [5, 5.41) is 0. The van der Waals surface area contributed by atoms with Crippen molar-refractivity contribution >= 4 is 11.6 Å². The fourth-order valence-corrected chi connectivity index (χ4v) is 4.12. The van der Waals surface area contributed by atoms with Crippen LogP contribution < -0.4 is 9.47 Å². The number of hydrogen-bond donors (Lipinski definition) is 0. The summed E-state index contributed by atoms with van der Waals surface area (Å²) in [6.07, 6.45) is 0. The average Bonchev–Trinajstić information content (AvgIpc) is 2.98. The number of ketones is 2. The third-order valence-corrected chi connectivity index (χ3v) is 6.35. The lowest BCUT2D eigenvalue weighted by molar-refractivity contribution is 0.103. The van der Waals surface area contributed by atoms with Crippen molar-refractivity contribution in [2.75, 3.05) is 7.11 Å². The molecule has 5 aromatic rings. The number of rotatable bonds is 8. The van der Waals surface area contributed by atoms with Gasteiger partial charge in [-0.25, -0.2) is 0 Å². The molecule has 186 valence electrons. The normalized spacial score (nSPS) is 10.6. The molecule has 0 bridgehead atoms. The Hall–Kier alpha value is -4.96. The van der Waals surface area contributed by atoms with Crippen molar-refractivity contribution in [1.29, 1.82) is 0 Å². The van der Waals surface area contributed by atoms with Crippen LogP contribution in [0.5, 0.6) is 17.2 Å². The molecule has 0 aliphatic rings. The van der Waals surface area contributed by atoms with Crippen LogP contribution in [0.3, 0.4) is 0 Å². The van der Waals surface area contributed by atoms with Crippen LogP contribution in [0.1, 0.15) is 37.4 Å². The first-order valence-electron chi connectivity index (χ1n) is 12.3. The second-order valence-electron chi connectivity index (χ2n) is 8.98. The van der Waals surface area contributed by atoms with Gasteiger partial charge in [0.15, 0.2) is 11.6 Å². The Kier molecular flexibility index (Phi) is 7.14. The molecule has 0 radical (unpaired) electrons. The van der Waals surface area contributed by atoms with Crippen LogP contribution in [-0.2, 0) is 0 Å². The fourth-order valence-electron chi connectivity index (χ4n) is 4.12. The van der Waals surface area contributed by atoms with Gasteiger partial charge < -0.3 is 9.47 Å². The number of benzene rings is 5. The summed E-state index contributed by atoms with van der Waals surface area (Å²) < 4.78 is 11.0. The molecule has 0 amide bonds. The van der Waals surface area contributed by atoms with E-state index in [9.17, 15) is 9.59 Å². The van der Waals surface area contributed by atoms with Crippen LogP contribution in [-0.4, -0.2) is 18.7 Å². The Balaban J connectivity index is 1.24. The Morgan fingerprint density at radius 3 is 1.16 bits per heavy atom. The monoisotopic (exact) mass is 498 g/mol. The predicted octanol–water partition coefficient (Wildman–Crippen LogP) is 7.92. The average molecular weight is 499 g/mol. The highest BCUT2D eigenvalue weighted by molar-refractivity contribution is 6.10. The summed E-state index contributed by atoms with van der Waals surface area (Å²) in [6, 6.07) is 37.0. The van der Waals surface area contributed by atoms with E-state index in [-0.39, 0.29) is 11.6 Å². The van der Waals surface area contributed by atoms with Gasteiger partial charge in [0.2, 0.25) is 0 Å². The second kappa shape index (κ2) is 11.0. The first-order chi connectivity index (χ1) is 18.5. The standard InChI is InChI=1S/C34H26O4/c1-23-3-5-26(6-4-23)33(35)27-11-7-24(8-12-27)25-9-13-28(14-10-25)34(36)29-15-17-31(18-16-29)38-32-21-19-30(37-2)20-22-32/h3-22H,1-2H3. The van der Waals surface area contributed by atoms with Gasteiger partial charge in [-0.1, -0.05) is 78.4 Å². The molecule has 0 atom stereocenters. The Morgan fingerprint density at radius 1 is 0.447 bits per heavy atom. The lowest BCUT2D eigenvalue weighted by atomic mass is 9.97. The van der Waals surface area contributed by atoms with Crippen molar-refractivity contribution in [3.8, 4) is 28.4 Å². The molecule has 0 aliphatic heterocycles. The zero-order chi connectivity index (χ0) is 26.5. The minimum Gasteiger partial charge on any atom is -0.497 e. The van der Waals surface area contributed by atoms with Crippen LogP contribution >= 0.6 is 0 Å². The van der Waals surface area contributed by atoms with Crippen molar-refractivity contribution in [2.45, 2.75) is 6.92 Å². The van der Waals surface area contributed by atoms with Crippen LogP contribution in [0.4, 0.5) is 0 Å². The molecule has 0 N–H and O–H groups in total. The summed E-state index contributed by atoms with van der Waals surface area (Å²) >= 11 is 0. The third-order valence-electron chi connectivity index (χ3n) is 6.35. The van der Waals surface area contributed by atoms with Crippen molar-refractivity contribution in [1.82, 2.24) is 0 Å². The van der Waals surface area contributed by atoms with Gasteiger partial charge >= 0.3 is 0 Å². The van der Waals surface area contributed by atoms with Crippen molar-refractivity contribution in [3.05, 3.63) is 149 Å². The number of ether oxygens (including phenoxy) is 2.